The highest BCUT2D eigenvalue weighted by Crippen LogP contribution is 2.29. The van der Waals surface area contributed by atoms with Crippen LogP contribution in [-0.4, -0.2) is 24.7 Å². The fourth-order valence-corrected chi connectivity index (χ4v) is 2.59. The molecule has 1 saturated heterocycles. The van der Waals surface area contributed by atoms with E-state index in [4.69, 9.17) is 4.74 Å². The maximum Gasteiger partial charge on any atom is 0.330 e. The van der Waals surface area contributed by atoms with Crippen molar-refractivity contribution in [2.75, 3.05) is 13.1 Å². The van der Waals surface area contributed by atoms with Gasteiger partial charge in [-0.1, -0.05) is 25.8 Å². The molecule has 0 bridgehead atoms. The fraction of sp³-hybridized carbons (Fsp3) is 0.812. The van der Waals surface area contributed by atoms with Crippen LogP contribution in [0.15, 0.2) is 12.2 Å². The summed E-state index contributed by atoms with van der Waals surface area (Å²) >= 11 is 0. The predicted molar refractivity (Wildman–Crippen MR) is 79.0 cm³/mol. The number of carbonyl (C=O) groups excluding carboxylic acids is 1. The van der Waals surface area contributed by atoms with Gasteiger partial charge in [0.2, 0.25) is 0 Å². The first kappa shape index (κ1) is 16.2. The van der Waals surface area contributed by atoms with Crippen molar-refractivity contribution in [1.29, 1.82) is 0 Å². The number of hydrogen-bond acceptors (Lipinski definition) is 3. The Kier molecular flexibility index (Phi) is 7.14. The van der Waals surface area contributed by atoms with E-state index in [9.17, 15) is 4.79 Å². The summed E-state index contributed by atoms with van der Waals surface area (Å²) < 4.78 is 5.63. The minimum atomic E-state index is -0.354. The molecule has 1 heterocycles. The molecule has 3 nitrogen and oxygen atoms in total. The summed E-state index contributed by atoms with van der Waals surface area (Å²) in [6, 6.07) is 0. The van der Waals surface area contributed by atoms with Gasteiger partial charge in [-0.25, -0.2) is 4.79 Å². The monoisotopic (exact) mass is 267 g/mol. The van der Waals surface area contributed by atoms with Crippen molar-refractivity contribution in [3.8, 4) is 0 Å². The number of esters is 1. The smallest absolute Gasteiger partial charge is 0.330 e. The molecule has 19 heavy (non-hydrogen) atoms. The lowest BCUT2D eigenvalue weighted by Gasteiger charge is -2.36. The normalized spacial score (nSPS) is 17.8. The number of unbranched alkanes of at least 4 members (excludes halogenated alkanes) is 3. The number of hydrogen-bond donors (Lipinski definition) is 1. The lowest BCUT2D eigenvalue weighted by Crippen LogP contribution is -2.42. The van der Waals surface area contributed by atoms with Gasteiger partial charge in [0.15, 0.2) is 0 Å². The topological polar surface area (TPSA) is 38.3 Å². The summed E-state index contributed by atoms with van der Waals surface area (Å²) in [6.45, 7) is 8.30. The van der Waals surface area contributed by atoms with Crippen molar-refractivity contribution in [1.82, 2.24) is 5.32 Å². The molecule has 0 aromatic rings. The van der Waals surface area contributed by atoms with Crippen LogP contribution in [0.4, 0.5) is 0 Å². The Hall–Kier alpha value is -0.830. The van der Waals surface area contributed by atoms with Crippen molar-refractivity contribution in [3.05, 3.63) is 12.2 Å². The van der Waals surface area contributed by atoms with Gasteiger partial charge in [-0.3, -0.25) is 0 Å². The molecule has 110 valence electrons. The summed E-state index contributed by atoms with van der Waals surface area (Å²) in [4.78, 5) is 11.8. The Morgan fingerprint density at radius 2 is 2.00 bits per heavy atom. The van der Waals surface area contributed by atoms with Crippen molar-refractivity contribution in [3.63, 3.8) is 0 Å². The molecule has 1 fully saturated rings. The molecule has 0 aliphatic carbocycles. The van der Waals surface area contributed by atoms with Crippen LogP contribution < -0.4 is 5.32 Å². The number of ether oxygens (including phenoxy) is 1. The fourth-order valence-electron chi connectivity index (χ4n) is 2.59. The molecule has 1 aliphatic heterocycles. The Morgan fingerprint density at radius 3 is 2.63 bits per heavy atom. The second-order valence-electron chi connectivity index (χ2n) is 5.95. The van der Waals surface area contributed by atoms with E-state index in [1.165, 1.54) is 12.8 Å². The predicted octanol–water partition coefficient (Wildman–Crippen LogP) is 3.44. The van der Waals surface area contributed by atoms with Crippen LogP contribution in [-0.2, 0) is 9.53 Å². The first-order chi connectivity index (χ1) is 9.06. The van der Waals surface area contributed by atoms with Gasteiger partial charge >= 0.3 is 5.97 Å². The minimum absolute atomic E-state index is 0.194. The minimum Gasteiger partial charge on any atom is -0.456 e. The van der Waals surface area contributed by atoms with Gasteiger partial charge in [0.05, 0.1) is 0 Å². The largest absolute Gasteiger partial charge is 0.456 e. The molecule has 1 rings (SSSR count). The molecule has 0 atom stereocenters. The van der Waals surface area contributed by atoms with E-state index in [1.54, 1.807) is 6.08 Å². The average Bonchev–Trinajstić information content (AvgIpc) is 2.39. The third-order valence-electron chi connectivity index (χ3n) is 3.91. The maximum atomic E-state index is 11.8. The molecular formula is C16H29NO2. The van der Waals surface area contributed by atoms with Crippen LogP contribution in [0.25, 0.3) is 0 Å². The van der Waals surface area contributed by atoms with Crippen LogP contribution in [0, 0.1) is 5.92 Å². The Bertz CT molecular complexity index is 291. The van der Waals surface area contributed by atoms with Gasteiger partial charge in [-0.15, -0.1) is 0 Å². The lowest BCUT2D eigenvalue weighted by atomic mass is 9.83. The van der Waals surface area contributed by atoms with Crippen molar-refractivity contribution in [2.24, 2.45) is 5.92 Å². The van der Waals surface area contributed by atoms with Crippen LogP contribution >= 0.6 is 0 Å². The highest BCUT2D eigenvalue weighted by atomic mass is 16.6. The lowest BCUT2D eigenvalue weighted by molar-refractivity contribution is -0.156. The maximum absolute atomic E-state index is 11.8. The van der Waals surface area contributed by atoms with Gasteiger partial charge in [-0.2, -0.15) is 0 Å². The van der Waals surface area contributed by atoms with Crippen LogP contribution in [0.2, 0.25) is 0 Å². The summed E-state index contributed by atoms with van der Waals surface area (Å²) in [5, 5.41) is 3.34. The first-order valence-electron chi connectivity index (χ1n) is 7.66. The SMILES string of the molecule is CCCCC/C=C/C(=O)OC(C)(C)C1CCNCC1. The second kappa shape index (κ2) is 8.36. The Balaban J connectivity index is 2.32. The zero-order chi connectivity index (χ0) is 14.1. The van der Waals surface area contributed by atoms with Crippen molar-refractivity contribution < 1.29 is 9.53 Å². The quantitative estimate of drug-likeness (QED) is 0.436. The van der Waals surface area contributed by atoms with E-state index in [0.717, 1.165) is 38.8 Å². The standard InChI is InChI=1S/C16H29NO2/c1-4-5-6-7-8-9-15(18)19-16(2,3)14-10-12-17-13-11-14/h8-9,14,17H,4-7,10-13H2,1-3H3/b9-8+. The van der Waals surface area contributed by atoms with Gasteiger partial charge in [0.25, 0.3) is 0 Å². The molecule has 0 unspecified atom stereocenters. The zero-order valence-electron chi connectivity index (χ0n) is 12.7. The average molecular weight is 267 g/mol. The van der Waals surface area contributed by atoms with Gasteiger partial charge < -0.3 is 10.1 Å². The molecule has 1 aliphatic rings. The molecule has 0 saturated carbocycles. The van der Waals surface area contributed by atoms with Crippen LogP contribution in [0.3, 0.4) is 0 Å². The van der Waals surface area contributed by atoms with E-state index in [2.05, 4.69) is 12.2 Å². The highest BCUT2D eigenvalue weighted by Gasteiger charge is 2.33. The van der Waals surface area contributed by atoms with Gasteiger partial charge in [0, 0.05) is 12.0 Å². The van der Waals surface area contributed by atoms with E-state index in [0.29, 0.717) is 5.92 Å². The summed E-state index contributed by atoms with van der Waals surface area (Å²) in [6.07, 6.45) is 10.3. The van der Waals surface area contributed by atoms with Gasteiger partial charge in [0.1, 0.15) is 5.60 Å². The summed E-state index contributed by atoms with van der Waals surface area (Å²) in [5.74, 6) is 0.270. The second-order valence-corrected chi connectivity index (χ2v) is 5.95. The summed E-state index contributed by atoms with van der Waals surface area (Å²) in [7, 11) is 0. The van der Waals surface area contributed by atoms with E-state index in [-0.39, 0.29) is 11.6 Å². The third kappa shape index (κ3) is 6.24. The van der Waals surface area contributed by atoms with Crippen LogP contribution in [0.5, 0.6) is 0 Å². The van der Waals surface area contributed by atoms with Gasteiger partial charge in [-0.05, 0) is 52.6 Å². The van der Waals surface area contributed by atoms with E-state index >= 15 is 0 Å². The number of nitrogens with one attached hydrogen (secondary N) is 1. The molecule has 1 N–H and O–H groups in total. The molecule has 0 amide bonds. The number of carbonyl (C=O) groups is 1. The summed E-state index contributed by atoms with van der Waals surface area (Å²) in [5.41, 5.74) is -0.354. The molecule has 0 aromatic carbocycles. The molecule has 0 aromatic heterocycles. The van der Waals surface area contributed by atoms with Crippen molar-refractivity contribution >= 4 is 5.97 Å². The van der Waals surface area contributed by atoms with Crippen molar-refractivity contribution in [2.45, 2.75) is 64.9 Å². The molecule has 0 spiro atoms. The molecule has 0 radical (unpaired) electrons. The first-order valence-corrected chi connectivity index (χ1v) is 7.66. The Morgan fingerprint density at radius 1 is 1.32 bits per heavy atom. The number of allylic oxidation sites excluding steroid dienone is 1. The van der Waals surface area contributed by atoms with E-state index in [1.807, 2.05) is 19.9 Å². The molecular weight excluding hydrogens is 238 g/mol. The third-order valence-corrected chi connectivity index (χ3v) is 3.91. The number of rotatable bonds is 7. The number of piperidine rings is 1. The highest BCUT2D eigenvalue weighted by molar-refractivity contribution is 5.82. The zero-order valence-corrected chi connectivity index (χ0v) is 12.7. The van der Waals surface area contributed by atoms with Crippen LogP contribution in [0.1, 0.15) is 59.3 Å². The molecule has 3 heteroatoms. The van der Waals surface area contributed by atoms with E-state index < -0.39 is 0 Å². The Labute approximate surface area is 117 Å².